The van der Waals surface area contributed by atoms with E-state index in [1.54, 1.807) is 31.2 Å². The molecule has 35 heavy (non-hydrogen) atoms. The number of nitrogens with zero attached hydrogens (tertiary/aromatic N) is 1. The Kier molecular flexibility index (Phi) is 8.92. The first-order valence-corrected chi connectivity index (χ1v) is 11.2. The summed E-state index contributed by atoms with van der Waals surface area (Å²) in [6.07, 6.45) is 0. The van der Waals surface area contributed by atoms with Crippen LogP contribution in [0.3, 0.4) is 0 Å². The van der Waals surface area contributed by atoms with Crippen molar-refractivity contribution in [2.45, 2.75) is 13.5 Å². The molecule has 0 aromatic heterocycles. The highest BCUT2D eigenvalue weighted by molar-refractivity contribution is 6.43. The van der Waals surface area contributed by atoms with Crippen LogP contribution in [-0.2, 0) is 16.2 Å². The molecule has 2 N–H and O–H groups in total. The Balaban J connectivity index is 1.65. The van der Waals surface area contributed by atoms with Gasteiger partial charge in [0.25, 0.3) is 0 Å². The van der Waals surface area contributed by atoms with Crippen molar-refractivity contribution in [3.8, 4) is 11.5 Å². The Morgan fingerprint density at radius 3 is 2.40 bits per heavy atom. The number of nitrogens with one attached hydrogen (secondary N) is 2. The number of carbonyl (C=O) groups is 2. The zero-order valence-corrected chi connectivity index (χ0v) is 20.8. The lowest BCUT2D eigenvalue weighted by Crippen LogP contribution is -2.32. The highest BCUT2D eigenvalue weighted by Gasteiger charge is 2.15. The summed E-state index contributed by atoms with van der Waals surface area (Å²) < 4.78 is 25.0. The first-order valence-electron chi connectivity index (χ1n) is 10.0. The average Bonchev–Trinajstić information content (AvgIpc) is 2.84. The van der Waals surface area contributed by atoms with E-state index in [2.05, 4.69) is 15.8 Å². The molecule has 3 aromatic rings. The lowest BCUT2D eigenvalue weighted by Gasteiger charge is -2.13. The third kappa shape index (κ3) is 6.85. The number of amides is 2. The molecule has 7 nitrogen and oxygen atoms in total. The highest BCUT2D eigenvalue weighted by atomic mass is 35.5. The summed E-state index contributed by atoms with van der Waals surface area (Å²) in [5.41, 5.74) is 3.69. The normalized spacial score (nSPS) is 11.1. The molecule has 11 heteroatoms. The van der Waals surface area contributed by atoms with Crippen LogP contribution < -0.4 is 20.2 Å². The second kappa shape index (κ2) is 11.9. The van der Waals surface area contributed by atoms with Crippen molar-refractivity contribution in [1.82, 2.24) is 5.43 Å². The van der Waals surface area contributed by atoms with E-state index in [-0.39, 0.29) is 22.2 Å². The number of benzene rings is 3. The van der Waals surface area contributed by atoms with Gasteiger partial charge in [0.2, 0.25) is 0 Å². The molecule has 0 fully saturated rings. The minimum atomic E-state index is -0.982. The van der Waals surface area contributed by atoms with E-state index >= 15 is 0 Å². The summed E-state index contributed by atoms with van der Waals surface area (Å²) in [4.78, 5) is 24.2. The zero-order valence-electron chi connectivity index (χ0n) is 18.5. The third-order valence-electron chi connectivity index (χ3n) is 4.72. The summed E-state index contributed by atoms with van der Waals surface area (Å²) in [5, 5.41) is 7.16. The minimum absolute atomic E-state index is 0.0989. The SMILES string of the molecule is COc1cc(C(C)=NNC(=O)C(=O)Nc2ccc(Cl)c(Cl)c2)ccc1OCc1c(F)cccc1Cl. The van der Waals surface area contributed by atoms with Crippen molar-refractivity contribution in [3.05, 3.63) is 86.6 Å². The number of anilines is 1. The number of halogens is 4. The Morgan fingerprint density at radius 1 is 0.943 bits per heavy atom. The van der Waals surface area contributed by atoms with Gasteiger partial charge in [-0.1, -0.05) is 40.9 Å². The fourth-order valence-corrected chi connectivity index (χ4v) is 3.36. The summed E-state index contributed by atoms with van der Waals surface area (Å²) in [5.74, 6) is -1.69. The van der Waals surface area contributed by atoms with Gasteiger partial charge < -0.3 is 14.8 Å². The minimum Gasteiger partial charge on any atom is -0.493 e. The Morgan fingerprint density at radius 2 is 1.71 bits per heavy atom. The van der Waals surface area contributed by atoms with Crippen LogP contribution in [-0.4, -0.2) is 24.6 Å². The van der Waals surface area contributed by atoms with E-state index in [9.17, 15) is 14.0 Å². The first-order chi connectivity index (χ1) is 16.7. The van der Waals surface area contributed by atoms with E-state index in [0.717, 1.165) is 0 Å². The molecule has 0 unspecified atom stereocenters. The van der Waals surface area contributed by atoms with Gasteiger partial charge in [-0.3, -0.25) is 9.59 Å². The smallest absolute Gasteiger partial charge is 0.329 e. The fourth-order valence-electron chi connectivity index (χ4n) is 2.84. The average molecular weight is 539 g/mol. The predicted molar refractivity (Wildman–Crippen MR) is 134 cm³/mol. The predicted octanol–water partition coefficient (Wildman–Crippen LogP) is 5.85. The van der Waals surface area contributed by atoms with Gasteiger partial charge >= 0.3 is 11.8 Å². The number of carbonyl (C=O) groups excluding carboxylic acids is 2. The second-order valence-electron chi connectivity index (χ2n) is 7.08. The number of hydrazone groups is 1. The van der Waals surface area contributed by atoms with Crippen LogP contribution in [0, 0.1) is 5.82 Å². The highest BCUT2D eigenvalue weighted by Crippen LogP contribution is 2.30. The zero-order chi connectivity index (χ0) is 25.5. The van der Waals surface area contributed by atoms with Crippen molar-refractivity contribution in [2.24, 2.45) is 5.10 Å². The molecule has 0 spiro atoms. The van der Waals surface area contributed by atoms with E-state index in [0.29, 0.717) is 33.5 Å². The quantitative estimate of drug-likeness (QED) is 0.224. The van der Waals surface area contributed by atoms with Crippen LogP contribution in [0.2, 0.25) is 15.1 Å². The molecule has 0 saturated carbocycles. The molecule has 182 valence electrons. The topological polar surface area (TPSA) is 89.0 Å². The third-order valence-corrected chi connectivity index (χ3v) is 5.82. The second-order valence-corrected chi connectivity index (χ2v) is 8.30. The van der Waals surface area contributed by atoms with Gasteiger partial charge in [-0.25, -0.2) is 9.82 Å². The molecule has 2 amide bonds. The number of hydrogen-bond acceptors (Lipinski definition) is 5. The molecule has 0 aliphatic heterocycles. The Bertz CT molecular complexity index is 1280. The van der Waals surface area contributed by atoms with E-state index in [1.165, 1.54) is 37.4 Å². The lowest BCUT2D eigenvalue weighted by atomic mass is 10.1. The van der Waals surface area contributed by atoms with E-state index in [1.807, 2.05) is 0 Å². The molecule has 3 rings (SSSR count). The molecule has 0 atom stereocenters. The van der Waals surface area contributed by atoms with Crippen LogP contribution in [0.15, 0.2) is 59.7 Å². The fraction of sp³-hybridized carbons (Fsp3) is 0.125. The lowest BCUT2D eigenvalue weighted by molar-refractivity contribution is -0.136. The van der Waals surface area contributed by atoms with Gasteiger partial charge in [0.1, 0.15) is 12.4 Å². The van der Waals surface area contributed by atoms with E-state index in [4.69, 9.17) is 44.3 Å². The standard InChI is InChI=1S/C24H19Cl3FN3O4/c1-13(30-31-24(33)23(32)29-15-7-8-18(26)19(27)11-15)14-6-9-21(22(10-14)34-2)35-12-16-17(25)4-3-5-20(16)28/h3-11H,12H2,1-2H3,(H,29,32)(H,31,33). The largest absolute Gasteiger partial charge is 0.493 e. The summed E-state index contributed by atoms with van der Waals surface area (Å²) in [6, 6.07) is 13.7. The first kappa shape index (κ1) is 26.3. The van der Waals surface area contributed by atoms with Crippen LogP contribution in [0.1, 0.15) is 18.1 Å². The summed E-state index contributed by atoms with van der Waals surface area (Å²) in [6.45, 7) is 1.53. The molecule has 0 aliphatic carbocycles. The summed E-state index contributed by atoms with van der Waals surface area (Å²) in [7, 11) is 1.45. The number of rotatable bonds is 7. The maximum absolute atomic E-state index is 14.0. The summed E-state index contributed by atoms with van der Waals surface area (Å²) >= 11 is 17.8. The molecular weight excluding hydrogens is 520 g/mol. The van der Waals surface area contributed by atoms with Gasteiger partial charge in [0.05, 0.1) is 27.9 Å². The van der Waals surface area contributed by atoms with Crippen molar-refractivity contribution in [3.63, 3.8) is 0 Å². The van der Waals surface area contributed by atoms with Gasteiger partial charge in [-0.2, -0.15) is 5.10 Å². The number of hydrogen-bond donors (Lipinski definition) is 2. The molecule has 0 saturated heterocycles. The Hall–Kier alpha value is -3.33. The molecule has 0 heterocycles. The maximum Gasteiger partial charge on any atom is 0.329 e. The Labute approximate surface area is 215 Å². The maximum atomic E-state index is 14.0. The van der Waals surface area contributed by atoms with Crippen LogP contribution in [0.25, 0.3) is 0 Å². The molecule has 3 aromatic carbocycles. The van der Waals surface area contributed by atoms with Crippen molar-refractivity contribution < 1.29 is 23.5 Å². The van der Waals surface area contributed by atoms with Crippen molar-refractivity contribution >= 4 is 58.0 Å². The number of ether oxygens (including phenoxy) is 2. The van der Waals surface area contributed by atoms with Crippen LogP contribution >= 0.6 is 34.8 Å². The molecular formula is C24H19Cl3FN3O4. The number of methoxy groups -OCH3 is 1. The van der Waals surface area contributed by atoms with Crippen LogP contribution in [0.4, 0.5) is 10.1 Å². The van der Waals surface area contributed by atoms with Gasteiger partial charge in [-0.05, 0) is 55.5 Å². The molecule has 0 aliphatic rings. The van der Waals surface area contributed by atoms with Gasteiger partial charge in [0, 0.05) is 16.8 Å². The van der Waals surface area contributed by atoms with Crippen molar-refractivity contribution in [1.29, 1.82) is 0 Å². The van der Waals surface area contributed by atoms with Gasteiger partial charge in [0.15, 0.2) is 11.5 Å². The van der Waals surface area contributed by atoms with E-state index < -0.39 is 17.6 Å². The van der Waals surface area contributed by atoms with Crippen molar-refractivity contribution in [2.75, 3.05) is 12.4 Å². The van der Waals surface area contributed by atoms with Gasteiger partial charge in [-0.15, -0.1) is 0 Å². The van der Waals surface area contributed by atoms with Crippen LogP contribution in [0.5, 0.6) is 11.5 Å². The monoisotopic (exact) mass is 537 g/mol. The molecule has 0 radical (unpaired) electrons. The molecule has 0 bridgehead atoms.